The molecule has 2 rings (SSSR count). The minimum Gasteiger partial charge on any atom is -0.394 e. The fraction of sp³-hybridized carbons (Fsp3) is 0.182. The van der Waals surface area contributed by atoms with E-state index in [-0.39, 0.29) is 6.61 Å². The highest BCUT2D eigenvalue weighted by atomic mass is 79.9. The molecule has 0 fully saturated rings. The number of aliphatic hydroxyl groups excluding tert-OH is 1. The molecule has 0 aliphatic carbocycles. The fourth-order valence-electron chi connectivity index (χ4n) is 1.52. The molecular formula is C11H11BrClN3O. The molecule has 0 bridgehead atoms. The van der Waals surface area contributed by atoms with Crippen LogP contribution in [0.5, 0.6) is 0 Å². The van der Waals surface area contributed by atoms with Gasteiger partial charge in [0.05, 0.1) is 35.9 Å². The number of benzene rings is 1. The van der Waals surface area contributed by atoms with Crippen LogP contribution in [-0.2, 0) is 0 Å². The molecule has 0 saturated heterocycles. The van der Waals surface area contributed by atoms with Crippen LogP contribution in [0, 0.1) is 0 Å². The van der Waals surface area contributed by atoms with Gasteiger partial charge in [-0.15, -0.1) is 0 Å². The van der Waals surface area contributed by atoms with E-state index in [1.165, 1.54) is 0 Å². The largest absolute Gasteiger partial charge is 0.394 e. The first-order valence-electron chi connectivity index (χ1n) is 4.97. The summed E-state index contributed by atoms with van der Waals surface area (Å²) in [6.45, 7) is -0.125. The van der Waals surface area contributed by atoms with Gasteiger partial charge >= 0.3 is 0 Å². The average Bonchev–Trinajstić information content (AvgIpc) is 2.80. The first kappa shape index (κ1) is 12.6. The third-order valence-electron chi connectivity index (χ3n) is 2.43. The third-order valence-corrected chi connectivity index (χ3v) is 3.64. The molecular weight excluding hydrogens is 305 g/mol. The number of nitrogens with two attached hydrogens (primary N) is 1. The molecule has 1 atom stereocenters. The molecule has 0 saturated carbocycles. The summed E-state index contributed by atoms with van der Waals surface area (Å²) in [5.41, 5.74) is 7.43. The van der Waals surface area contributed by atoms with Crippen LogP contribution in [0.15, 0.2) is 35.2 Å². The molecule has 2 aromatic rings. The predicted octanol–water partition coefficient (Wildman–Crippen LogP) is 2.28. The van der Waals surface area contributed by atoms with E-state index in [1.54, 1.807) is 18.6 Å². The summed E-state index contributed by atoms with van der Waals surface area (Å²) < 4.78 is 2.62. The van der Waals surface area contributed by atoms with Crippen LogP contribution in [0.2, 0.25) is 5.02 Å². The van der Waals surface area contributed by atoms with Crippen LogP contribution in [0.1, 0.15) is 11.7 Å². The molecule has 6 heteroatoms. The standard InChI is InChI=1S/C11H11BrClN3O/c12-8-3-7(1-2-9(8)13)16-6-15-4-11(16)10(14)5-17/h1-4,6,10,17H,5,14H2. The third kappa shape index (κ3) is 2.52. The Hall–Kier alpha value is -0.880. The van der Waals surface area contributed by atoms with Crippen molar-refractivity contribution in [3.05, 3.63) is 45.9 Å². The highest BCUT2D eigenvalue weighted by Crippen LogP contribution is 2.26. The lowest BCUT2D eigenvalue weighted by Crippen LogP contribution is -2.18. The van der Waals surface area contributed by atoms with Gasteiger partial charge in [-0.1, -0.05) is 11.6 Å². The van der Waals surface area contributed by atoms with Crippen LogP contribution in [0.4, 0.5) is 0 Å². The van der Waals surface area contributed by atoms with Crippen LogP contribution in [0.25, 0.3) is 5.69 Å². The summed E-state index contributed by atoms with van der Waals surface area (Å²) in [5.74, 6) is 0. The molecule has 0 radical (unpaired) electrons. The van der Waals surface area contributed by atoms with E-state index in [9.17, 15) is 0 Å². The van der Waals surface area contributed by atoms with Gasteiger partial charge in [-0.05, 0) is 34.1 Å². The van der Waals surface area contributed by atoms with Crippen molar-refractivity contribution in [1.82, 2.24) is 9.55 Å². The SMILES string of the molecule is NC(CO)c1cncn1-c1ccc(Cl)c(Br)c1. The molecule has 0 amide bonds. The van der Waals surface area contributed by atoms with Gasteiger partial charge in [-0.2, -0.15) is 0 Å². The summed E-state index contributed by atoms with van der Waals surface area (Å²) in [5, 5.41) is 9.72. The smallest absolute Gasteiger partial charge is 0.0994 e. The molecule has 4 nitrogen and oxygen atoms in total. The minimum absolute atomic E-state index is 0.125. The Morgan fingerprint density at radius 3 is 2.94 bits per heavy atom. The number of hydrogen-bond acceptors (Lipinski definition) is 3. The van der Waals surface area contributed by atoms with Gasteiger partial charge < -0.3 is 15.4 Å². The Balaban J connectivity index is 2.46. The van der Waals surface area contributed by atoms with Crippen LogP contribution < -0.4 is 5.73 Å². The fourth-order valence-corrected chi connectivity index (χ4v) is 2.01. The quantitative estimate of drug-likeness (QED) is 0.913. The Bertz CT molecular complexity index is 529. The molecule has 1 aromatic heterocycles. The highest BCUT2D eigenvalue weighted by Gasteiger charge is 2.12. The summed E-state index contributed by atoms with van der Waals surface area (Å²) in [6.07, 6.45) is 3.30. The van der Waals surface area contributed by atoms with Crippen molar-refractivity contribution < 1.29 is 5.11 Å². The lowest BCUT2D eigenvalue weighted by atomic mass is 10.2. The predicted molar refractivity (Wildman–Crippen MR) is 70.3 cm³/mol. The highest BCUT2D eigenvalue weighted by molar-refractivity contribution is 9.10. The van der Waals surface area contributed by atoms with Gasteiger partial charge in [0.15, 0.2) is 0 Å². The zero-order chi connectivity index (χ0) is 12.4. The van der Waals surface area contributed by atoms with E-state index < -0.39 is 6.04 Å². The number of halogens is 2. The monoisotopic (exact) mass is 315 g/mol. The number of hydrogen-bond donors (Lipinski definition) is 2. The molecule has 0 aliphatic heterocycles. The van der Waals surface area contributed by atoms with E-state index in [1.807, 2.05) is 16.7 Å². The molecule has 1 heterocycles. The van der Waals surface area contributed by atoms with Crippen molar-refractivity contribution in [3.8, 4) is 5.69 Å². The molecule has 1 unspecified atom stereocenters. The number of aliphatic hydroxyl groups is 1. The maximum absolute atomic E-state index is 9.08. The van der Waals surface area contributed by atoms with Crippen molar-refractivity contribution in [2.45, 2.75) is 6.04 Å². The van der Waals surface area contributed by atoms with Gasteiger partial charge in [0.1, 0.15) is 0 Å². The maximum atomic E-state index is 9.08. The Labute approximate surface area is 112 Å². The van der Waals surface area contributed by atoms with Gasteiger partial charge in [0.2, 0.25) is 0 Å². The number of aromatic nitrogens is 2. The molecule has 1 aromatic carbocycles. The molecule has 90 valence electrons. The topological polar surface area (TPSA) is 64.1 Å². The van der Waals surface area contributed by atoms with Crippen LogP contribution in [0.3, 0.4) is 0 Å². The van der Waals surface area contributed by atoms with Crippen molar-refractivity contribution in [2.75, 3.05) is 6.61 Å². The van der Waals surface area contributed by atoms with Gasteiger partial charge in [-0.25, -0.2) is 4.98 Å². The van der Waals surface area contributed by atoms with Crippen molar-refractivity contribution >= 4 is 27.5 Å². The van der Waals surface area contributed by atoms with Crippen molar-refractivity contribution in [3.63, 3.8) is 0 Å². The first-order chi connectivity index (χ1) is 8.13. The van der Waals surface area contributed by atoms with Gasteiger partial charge in [0.25, 0.3) is 0 Å². The van der Waals surface area contributed by atoms with Crippen LogP contribution in [-0.4, -0.2) is 21.3 Å². The zero-order valence-corrected chi connectivity index (χ0v) is 11.2. The Kier molecular flexibility index (Phi) is 3.83. The van der Waals surface area contributed by atoms with E-state index in [2.05, 4.69) is 20.9 Å². The Morgan fingerprint density at radius 1 is 1.53 bits per heavy atom. The van der Waals surface area contributed by atoms with Crippen molar-refractivity contribution in [1.29, 1.82) is 0 Å². The second-order valence-electron chi connectivity index (χ2n) is 3.58. The molecule has 3 N–H and O–H groups in total. The second-order valence-corrected chi connectivity index (χ2v) is 4.84. The molecule has 0 aliphatic rings. The van der Waals surface area contributed by atoms with Crippen molar-refractivity contribution in [2.24, 2.45) is 5.73 Å². The summed E-state index contributed by atoms with van der Waals surface area (Å²) in [6, 6.07) is 5.07. The first-order valence-corrected chi connectivity index (χ1v) is 6.14. The molecule has 0 spiro atoms. The summed E-state index contributed by atoms with van der Waals surface area (Å²) >= 11 is 9.30. The van der Waals surface area contributed by atoms with Gasteiger partial charge in [-0.3, -0.25) is 0 Å². The van der Waals surface area contributed by atoms with Crippen LogP contribution >= 0.6 is 27.5 Å². The summed E-state index contributed by atoms with van der Waals surface area (Å²) in [7, 11) is 0. The molecule has 17 heavy (non-hydrogen) atoms. The Morgan fingerprint density at radius 2 is 2.29 bits per heavy atom. The maximum Gasteiger partial charge on any atom is 0.0994 e. The lowest BCUT2D eigenvalue weighted by molar-refractivity contribution is 0.265. The number of rotatable bonds is 3. The second kappa shape index (κ2) is 5.18. The average molecular weight is 317 g/mol. The lowest BCUT2D eigenvalue weighted by Gasteiger charge is -2.13. The number of nitrogens with zero attached hydrogens (tertiary/aromatic N) is 2. The zero-order valence-electron chi connectivity index (χ0n) is 8.85. The van der Waals surface area contributed by atoms with Gasteiger partial charge in [0, 0.05) is 10.2 Å². The minimum atomic E-state index is -0.452. The van der Waals surface area contributed by atoms with E-state index in [0.717, 1.165) is 15.9 Å². The number of imidazole rings is 1. The summed E-state index contributed by atoms with van der Waals surface area (Å²) in [4.78, 5) is 4.04. The van der Waals surface area contributed by atoms with E-state index >= 15 is 0 Å². The normalized spacial score (nSPS) is 12.7. The van der Waals surface area contributed by atoms with E-state index in [4.69, 9.17) is 22.4 Å². The van der Waals surface area contributed by atoms with E-state index in [0.29, 0.717) is 5.02 Å².